The number of methoxy groups -OCH3 is 1. The zero-order chi connectivity index (χ0) is 14.4. The molecule has 5 heteroatoms. The number of rotatable bonds is 5. The predicted octanol–water partition coefficient (Wildman–Crippen LogP) is 3.07. The number of halogens is 1. The SMILES string of the molecule is C=C/C(=C(\C=N/C)C(=O)O)c1cc(Cl)ccc1OC. The highest BCUT2D eigenvalue weighted by atomic mass is 35.5. The first-order chi connectivity index (χ1) is 9.04. The average molecular weight is 280 g/mol. The zero-order valence-corrected chi connectivity index (χ0v) is 11.4. The third-order valence-electron chi connectivity index (χ3n) is 2.43. The number of carbonyl (C=O) groups is 1. The van der Waals surface area contributed by atoms with Crippen molar-refractivity contribution in [1.82, 2.24) is 0 Å². The van der Waals surface area contributed by atoms with E-state index in [1.54, 1.807) is 18.2 Å². The maximum absolute atomic E-state index is 11.3. The number of allylic oxidation sites excluding steroid dienone is 2. The van der Waals surface area contributed by atoms with E-state index in [4.69, 9.17) is 16.3 Å². The van der Waals surface area contributed by atoms with Gasteiger partial charge in [0, 0.05) is 29.4 Å². The highest BCUT2D eigenvalue weighted by Crippen LogP contribution is 2.31. The van der Waals surface area contributed by atoms with E-state index >= 15 is 0 Å². The van der Waals surface area contributed by atoms with Gasteiger partial charge in [-0.25, -0.2) is 4.79 Å². The lowest BCUT2D eigenvalue weighted by Gasteiger charge is -2.11. The van der Waals surface area contributed by atoms with Gasteiger partial charge in [-0.05, 0) is 18.2 Å². The Morgan fingerprint density at radius 1 is 1.53 bits per heavy atom. The lowest BCUT2D eigenvalue weighted by molar-refractivity contribution is -0.131. The Hall–Kier alpha value is -2.07. The molecule has 1 N–H and O–H groups in total. The summed E-state index contributed by atoms with van der Waals surface area (Å²) in [5.74, 6) is -0.579. The first-order valence-electron chi connectivity index (χ1n) is 5.41. The summed E-state index contributed by atoms with van der Waals surface area (Å²) in [6.45, 7) is 3.65. The number of hydrogen-bond donors (Lipinski definition) is 1. The van der Waals surface area contributed by atoms with E-state index in [-0.39, 0.29) is 5.57 Å². The molecule has 0 spiro atoms. The molecule has 0 aromatic heterocycles. The molecule has 19 heavy (non-hydrogen) atoms. The van der Waals surface area contributed by atoms with E-state index < -0.39 is 5.97 Å². The molecule has 0 aliphatic heterocycles. The molecule has 0 atom stereocenters. The van der Waals surface area contributed by atoms with Crippen LogP contribution in [-0.4, -0.2) is 31.4 Å². The molecule has 0 amide bonds. The van der Waals surface area contributed by atoms with E-state index in [0.29, 0.717) is 21.9 Å². The van der Waals surface area contributed by atoms with E-state index in [0.717, 1.165) is 0 Å². The fourth-order valence-corrected chi connectivity index (χ4v) is 1.80. The number of ether oxygens (including phenoxy) is 1. The van der Waals surface area contributed by atoms with Crippen molar-refractivity contribution in [3.05, 3.63) is 47.0 Å². The van der Waals surface area contributed by atoms with Crippen LogP contribution in [0.2, 0.25) is 5.02 Å². The van der Waals surface area contributed by atoms with Crippen LogP contribution in [0.4, 0.5) is 0 Å². The summed E-state index contributed by atoms with van der Waals surface area (Å²) in [7, 11) is 3.00. The molecule has 4 nitrogen and oxygen atoms in total. The minimum Gasteiger partial charge on any atom is -0.496 e. The normalized spacial score (nSPS) is 12.2. The molecule has 0 radical (unpaired) electrons. The fraction of sp³-hybridized carbons (Fsp3) is 0.143. The molecule has 0 fully saturated rings. The van der Waals surface area contributed by atoms with Crippen LogP contribution in [-0.2, 0) is 4.79 Å². The molecular formula is C14H14ClNO3. The van der Waals surface area contributed by atoms with Gasteiger partial charge in [0.25, 0.3) is 0 Å². The van der Waals surface area contributed by atoms with Gasteiger partial charge in [0.2, 0.25) is 0 Å². The third kappa shape index (κ3) is 3.45. The van der Waals surface area contributed by atoms with Crippen molar-refractivity contribution < 1.29 is 14.6 Å². The number of nitrogens with zero attached hydrogens (tertiary/aromatic N) is 1. The smallest absolute Gasteiger partial charge is 0.337 e. The second kappa shape index (κ2) is 6.75. The first kappa shape index (κ1) is 15.0. The summed E-state index contributed by atoms with van der Waals surface area (Å²) >= 11 is 5.94. The minimum absolute atomic E-state index is 0.0260. The number of carboxylic acids is 1. The summed E-state index contributed by atoms with van der Waals surface area (Å²) in [6, 6.07) is 4.96. The minimum atomic E-state index is -1.09. The van der Waals surface area contributed by atoms with Gasteiger partial charge < -0.3 is 9.84 Å². The van der Waals surface area contributed by atoms with Gasteiger partial charge in [0.05, 0.1) is 12.7 Å². The molecule has 0 aliphatic rings. The lowest BCUT2D eigenvalue weighted by Crippen LogP contribution is -2.05. The molecule has 0 heterocycles. The highest BCUT2D eigenvalue weighted by Gasteiger charge is 2.15. The Kier molecular flexibility index (Phi) is 5.33. The molecule has 1 rings (SSSR count). The summed E-state index contributed by atoms with van der Waals surface area (Å²) in [4.78, 5) is 15.0. The lowest BCUT2D eigenvalue weighted by atomic mass is 9.99. The van der Waals surface area contributed by atoms with Gasteiger partial charge in [-0.3, -0.25) is 4.99 Å². The summed E-state index contributed by atoms with van der Waals surface area (Å²) < 4.78 is 5.21. The van der Waals surface area contributed by atoms with Crippen molar-refractivity contribution in [3.8, 4) is 5.75 Å². The number of hydrogen-bond acceptors (Lipinski definition) is 3. The quantitative estimate of drug-likeness (QED) is 0.512. The average Bonchev–Trinajstić information content (AvgIpc) is 2.38. The van der Waals surface area contributed by atoms with Crippen molar-refractivity contribution in [2.45, 2.75) is 0 Å². The molecule has 0 aliphatic carbocycles. The van der Waals surface area contributed by atoms with E-state index in [2.05, 4.69) is 11.6 Å². The van der Waals surface area contributed by atoms with Gasteiger partial charge in [-0.1, -0.05) is 24.3 Å². The van der Waals surface area contributed by atoms with Crippen molar-refractivity contribution in [2.24, 2.45) is 4.99 Å². The third-order valence-corrected chi connectivity index (χ3v) is 2.67. The van der Waals surface area contributed by atoms with Crippen LogP contribution in [0, 0.1) is 0 Å². The standard InChI is InChI=1S/C14H14ClNO3/c1-4-10(12(8-16-2)14(17)18)11-7-9(15)5-6-13(11)19-3/h4-8H,1H2,2-3H3,(H,17,18)/b12-10-,16-8-. The maximum atomic E-state index is 11.3. The molecule has 0 bridgehead atoms. The Balaban J connectivity index is 3.61. The van der Waals surface area contributed by atoms with Crippen LogP contribution in [0.25, 0.3) is 5.57 Å². The summed E-state index contributed by atoms with van der Waals surface area (Å²) in [5.41, 5.74) is 0.984. The Bertz CT molecular complexity index is 562. The van der Waals surface area contributed by atoms with E-state index in [1.165, 1.54) is 26.4 Å². The Morgan fingerprint density at radius 3 is 2.68 bits per heavy atom. The van der Waals surface area contributed by atoms with Crippen LogP contribution in [0.15, 0.2) is 41.4 Å². The molecule has 1 aromatic carbocycles. The molecule has 0 saturated carbocycles. The van der Waals surface area contributed by atoms with Crippen molar-refractivity contribution >= 4 is 29.4 Å². The summed E-state index contributed by atoms with van der Waals surface area (Å²) in [5, 5.41) is 9.71. The van der Waals surface area contributed by atoms with Crippen LogP contribution in [0.5, 0.6) is 5.75 Å². The molecule has 100 valence electrons. The number of carboxylic acid groups (broad SMARTS) is 1. The number of benzene rings is 1. The fourth-order valence-electron chi connectivity index (χ4n) is 1.62. The zero-order valence-electron chi connectivity index (χ0n) is 10.7. The maximum Gasteiger partial charge on any atom is 0.337 e. The van der Waals surface area contributed by atoms with Gasteiger partial charge in [0.1, 0.15) is 5.75 Å². The molecule has 0 unspecified atom stereocenters. The monoisotopic (exact) mass is 279 g/mol. The Labute approximate surface area is 116 Å². The Morgan fingerprint density at radius 2 is 2.21 bits per heavy atom. The van der Waals surface area contributed by atoms with Crippen molar-refractivity contribution in [3.63, 3.8) is 0 Å². The second-order valence-electron chi connectivity index (χ2n) is 3.57. The van der Waals surface area contributed by atoms with Crippen molar-refractivity contribution in [2.75, 3.05) is 14.2 Å². The van der Waals surface area contributed by atoms with E-state index in [9.17, 15) is 9.90 Å². The van der Waals surface area contributed by atoms with Crippen LogP contribution in [0.3, 0.4) is 0 Å². The van der Waals surface area contributed by atoms with Crippen molar-refractivity contribution in [1.29, 1.82) is 0 Å². The topological polar surface area (TPSA) is 58.9 Å². The van der Waals surface area contributed by atoms with Gasteiger partial charge >= 0.3 is 5.97 Å². The number of aliphatic carboxylic acids is 1. The predicted molar refractivity (Wildman–Crippen MR) is 77.2 cm³/mol. The van der Waals surface area contributed by atoms with Crippen LogP contribution in [0.1, 0.15) is 5.56 Å². The van der Waals surface area contributed by atoms with Crippen LogP contribution >= 0.6 is 11.6 Å². The van der Waals surface area contributed by atoms with Crippen LogP contribution < -0.4 is 4.74 Å². The van der Waals surface area contributed by atoms with Gasteiger partial charge in [-0.2, -0.15) is 0 Å². The van der Waals surface area contributed by atoms with Gasteiger partial charge in [0.15, 0.2) is 0 Å². The number of aliphatic imine (C=N–C) groups is 1. The first-order valence-corrected chi connectivity index (χ1v) is 5.79. The molecular weight excluding hydrogens is 266 g/mol. The van der Waals surface area contributed by atoms with E-state index in [1.807, 2.05) is 0 Å². The molecule has 1 aromatic rings. The highest BCUT2D eigenvalue weighted by molar-refractivity contribution is 6.31. The molecule has 0 saturated heterocycles. The van der Waals surface area contributed by atoms with Gasteiger partial charge in [-0.15, -0.1) is 0 Å². The largest absolute Gasteiger partial charge is 0.496 e. The summed E-state index contributed by atoms with van der Waals surface area (Å²) in [6.07, 6.45) is 2.71. The second-order valence-corrected chi connectivity index (χ2v) is 4.00.